The van der Waals surface area contributed by atoms with Gasteiger partial charge in [0.2, 0.25) is 0 Å². The van der Waals surface area contributed by atoms with Crippen molar-refractivity contribution in [1.29, 1.82) is 0 Å². The Kier molecular flexibility index (Phi) is 8.22. The van der Waals surface area contributed by atoms with E-state index in [1.807, 2.05) is 72.0 Å². The summed E-state index contributed by atoms with van der Waals surface area (Å²) in [5, 5.41) is 8.38. The van der Waals surface area contributed by atoms with Gasteiger partial charge in [0, 0.05) is 54.3 Å². The summed E-state index contributed by atoms with van der Waals surface area (Å²) in [6.07, 6.45) is 7.69. The van der Waals surface area contributed by atoms with Crippen LogP contribution in [0, 0.1) is 12.8 Å². The number of carbonyl (C=O) groups excluding carboxylic acids is 1. The van der Waals surface area contributed by atoms with Crippen LogP contribution in [0.4, 0.5) is 0 Å². The summed E-state index contributed by atoms with van der Waals surface area (Å²) in [4.78, 5) is 16.5. The predicted molar refractivity (Wildman–Crippen MR) is 158 cm³/mol. The molecule has 0 aliphatic heterocycles. The monoisotopic (exact) mass is 533 g/mol. The summed E-state index contributed by atoms with van der Waals surface area (Å²) in [6, 6.07) is 22.5. The first-order valence-electron chi connectivity index (χ1n) is 13.5. The first kappa shape index (κ1) is 27.1. The third-order valence-corrected chi connectivity index (χ3v) is 7.00. The first-order chi connectivity index (χ1) is 19.4. The molecule has 40 heavy (non-hydrogen) atoms. The second-order valence-corrected chi connectivity index (χ2v) is 10.3. The zero-order valence-corrected chi connectivity index (χ0v) is 23.5. The van der Waals surface area contributed by atoms with E-state index in [1.165, 1.54) is 5.56 Å². The van der Waals surface area contributed by atoms with Crippen molar-refractivity contribution in [3.8, 4) is 22.6 Å². The Bertz CT molecular complexity index is 1570. The number of aryl methyl sites for hydroxylation is 1. The largest absolute Gasteiger partial charge is 0.497 e. The number of ether oxygens (including phenoxy) is 1. The number of rotatable bonds is 11. The summed E-state index contributed by atoms with van der Waals surface area (Å²) in [5.41, 5.74) is 8.45. The molecule has 7 nitrogen and oxygen atoms in total. The van der Waals surface area contributed by atoms with Crippen molar-refractivity contribution in [2.45, 2.75) is 40.4 Å². The second-order valence-electron chi connectivity index (χ2n) is 10.3. The van der Waals surface area contributed by atoms with Crippen LogP contribution >= 0.6 is 0 Å². The SMILES string of the molecule is COc1ccc(Cn2cc(-c3cc(CNCc4ccc(C(=O)C(C)C)cc4)ccc3-n3ccnc3)c(C)n2)cc1. The number of nitrogens with zero attached hydrogens (tertiary/aromatic N) is 4. The summed E-state index contributed by atoms with van der Waals surface area (Å²) in [6.45, 7) is 8.01. The van der Waals surface area contributed by atoms with E-state index in [-0.39, 0.29) is 11.7 Å². The Morgan fingerprint density at radius 2 is 1.62 bits per heavy atom. The lowest BCUT2D eigenvalue weighted by Crippen LogP contribution is -2.13. The van der Waals surface area contributed by atoms with Gasteiger partial charge >= 0.3 is 0 Å². The van der Waals surface area contributed by atoms with Crippen LogP contribution in [0.5, 0.6) is 5.75 Å². The third kappa shape index (κ3) is 6.21. The molecule has 0 saturated heterocycles. The molecule has 0 radical (unpaired) electrons. The van der Waals surface area contributed by atoms with Crippen LogP contribution < -0.4 is 10.1 Å². The molecule has 0 unspecified atom stereocenters. The van der Waals surface area contributed by atoms with Crippen LogP contribution in [0.25, 0.3) is 16.8 Å². The van der Waals surface area contributed by atoms with E-state index in [0.29, 0.717) is 19.6 Å². The average molecular weight is 534 g/mol. The summed E-state index contributed by atoms with van der Waals surface area (Å²) < 4.78 is 9.31. The number of nitrogens with one attached hydrogen (secondary N) is 1. The zero-order chi connectivity index (χ0) is 28.1. The van der Waals surface area contributed by atoms with Crippen LogP contribution in [0.3, 0.4) is 0 Å². The van der Waals surface area contributed by atoms with Crippen molar-refractivity contribution in [2.75, 3.05) is 7.11 Å². The van der Waals surface area contributed by atoms with Gasteiger partial charge in [0.15, 0.2) is 5.78 Å². The summed E-state index contributed by atoms with van der Waals surface area (Å²) >= 11 is 0. The standard InChI is InChI=1S/C33H35N5O2/c1-23(2)33(39)28-10-5-25(6-11-28)18-35-19-27-9-14-32(37-16-15-34-22-37)30(17-27)31-21-38(36-24(31)3)20-26-7-12-29(40-4)13-8-26/h5-17,21-23,35H,18-20H2,1-4H3. The lowest BCUT2D eigenvalue weighted by Gasteiger charge is -2.13. The highest BCUT2D eigenvalue weighted by Gasteiger charge is 2.15. The van der Waals surface area contributed by atoms with Crippen molar-refractivity contribution < 1.29 is 9.53 Å². The fourth-order valence-corrected chi connectivity index (χ4v) is 4.79. The smallest absolute Gasteiger partial charge is 0.165 e. The number of benzene rings is 3. The zero-order valence-electron chi connectivity index (χ0n) is 23.5. The highest BCUT2D eigenvalue weighted by Crippen LogP contribution is 2.30. The van der Waals surface area contributed by atoms with E-state index in [2.05, 4.69) is 53.8 Å². The molecule has 5 rings (SSSR count). The van der Waals surface area contributed by atoms with Crippen LogP contribution in [-0.4, -0.2) is 32.2 Å². The third-order valence-electron chi connectivity index (χ3n) is 7.00. The van der Waals surface area contributed by atoms with Crippen LogP contribution in [0.2, 0.25) is 0 Å². The Morgan fingerprint density at radius 1 is 0.925 bits per heavy atom. The molecule has 0 bridgehead atoms. The van der Waals surface area contributed by atoms with Gasteiger partial charge in [-0.2, -0.15) is 5.10 Å². The molecule has 0 spiro atoms. The Hall–Kier alpha value is -4.49. The van der Waals surface area contributed by atoms with Crippen molar-refractivity contribution in [1.82, 2.24) is 24.6 Å². The van der Waals surface area contributed by atoms with E-state index in [9.17, 15) is 4.79 Å². The number of methoxy groups -OCH3 is 1. The van der Waals surface area contributed by atoms with E-state index in [1.54, 1.807) is 13.3 Å². The van der Waals surface area contributed by atoms with E-state index in [0.717, 1.165) is 44.9 Å². The van der Waals surface area contributed by atoms with Crippen molar-refractivity contribution >= 4 is 5.78 Å². The van der Waals surface area contributed by atoms with Gasteiger partial charge in [0.25, 0.3) is 0 Å². The second kappa shape index (κ2) is 12.1. The van der Waals surface area contributed by atoms with Crippen LogP contribution in [0.15, 0.2) is 91.6 Å². The van der Waals surface area contributed by atoms with Crippen molar-refractivity contribution in [3.05, 3.63) is 120 Å². The molecule has 0 aliphatic carbocycles. The van der Waals surface area contributed by atoms with Gasteiger partial charge in [0.05, 0.1) is 31.4 Å². The molecule has 2 aromatic heterocycles. The summed E-state index contributed by atoms with van der Waals surface area (Å²) in [7, 11) is 1.67. The lowest BCUT2D eigenvalue weighted by atomic mass is 10.00. The Balaban J connectivity index is 1.35. The Morgan fingerprint density at radius 3 is 2.30 bits per heavy atom. The van der Waals surface area contributed by atoms with Gasteiger partial charge in [-0.3, -0.25) is 9.48 Å². The average Bonchev–Trinajstić information content (AvgIpc) is 3.63. The summed E-state index contributed by atoms with van der Waals surface area (Å²) in [5.74, 6) is 1.02. The Labute approximate surface area is 235 Å². The number of imidazole rings is 1. The molecule has 204 valence electrons. The quantitative estimate of drug-likeness (QED) is 0.204. The minimum absolute atomic E-state index is 0.00153. The van der Waals surface area contributed by atoms with Crippen LogP contribution in [0.1, 0.15) is 46.6 Å². The molecule has 0 fully saturated rings. The van der Waals surface area contributed by atoms with Gasteiger partial charge in [-0.1, -0.05) is 56.3 Å². The number of ketones is 1. The highest BCUT2D eigenvalue weighted by molar-refractivity contribution is 5.97. The maximum atomic E-state index is 12.2. The van der Waals surface area contributed by atoms with Gasteiger partial charge in [-0.25, -0.2) is 4.98 Å². The number of hydrogen-bond donors (Lipinski definition) is 1. The minimum atomic E-state index is 0.00153. The van der Waals surface area contributed by atoms with Crippen molar-refractivity contribution in [2.24, 2.45) is 5.92 Å². The molecular weight excluding hydrogens is 498 g/mol. The number of Topliss-reactive ketones (excluding diaryl/α,β-unsaturated/α-hetero) is 1. The molecule has 0 amide bonds. The van der Waals surface area contributed by atoms with Gasteiger partial charge < -0.3 is 14.6 Å². The van der Waals surface area contributed by atoms with Gasteiger partial charge in [-0.05, 0) is 47.9 Å². The fraction of sp³-hybridized carbons (Fsp3) is 0.242. The molecular formula is C33H35N5O2. The lowest BCUT2D eigenvalue weighted by molar-refractivity contribution is 0.0939. The molecule has 7 heteroatoms. The maximum absolute atomic E-state index is 12.2. The number of carbonyl (C=O) groups is 1. The van der Waals surface area contributed by atoms with Gasteiger partial charge in [-0.15, -0.1) is 0 Å². The fourth-order valence-electron chi connectivity index (χ4n) is 4.79. The van der Waals surface area contributed by atoms with Crippen LogP contribution in [-0.2, 0) is 19.6 Å². The van der Waals surface area contributed by atoms with Gasteiger partial charge in [0.1, 0.15) is 5.75 Å². The topological polar surface area (TPSA) is 74.0 Å². The number of aromatic nitrogens is 4. The number of hydrogen-bond acceptors (Lipinski definition) is 5. The molecule has 5 aromatic rings. The normalized spacial score (nSPS) is 11.2. The van der Waals surface area contributed by atoms with E-state index in [4.69, 9.17) is 9.84 Å². The van der Waals surface area contributed by atoms with Crippen molar-refractivity contribution in [3.63, 3.8) is 0 Å². The molecule has 0 saturated carbocycles. The highest BCUT2D eigenvalue weighted by atomic mass is 16.5. The maximum Gasteiger partial charge on any atom is 0.165 e. The van der Waals surface area contributed by atoms with E-state index < -0.39 is 0 Å². The minimum Gasteiger partial charge on any atom is -0.497 e. The molecule has 0 atom stereocenters. The molecule has 2 heterocycles. The molecule has 0 aliphatic rings. The first-order valence-corrected chi connectivity index (χ1v) is 13.5. The molecule has 3 aromatic carbocycles. The van der Waals surface area contributed by atoms with E-state index >= 15 is 0 Å². The predicted octanol–water partition coefficient (Wildman–Crippen LogP) is 6.23. The molecule has 1 N–H and O–H groups in total.